The molecule has 21 heavy (non-hydrogen) atoms. The van der Waals surface area contributed by atoms with Crippen molar-refractivity contribution in [2.75, 3.05) is 6.54 Å². The monoisotopic (exact) mass is 369 g/mol. The van der Waals surface area contributed by atoms with Crippen molar-refractivity contribution in [1.29, 1.82) is 0 Å². The number of hydrogen-bond donors (Lipinski definition) is 3. The number of imidazole rings is 1. The molecule has 0 spiro atoms. The third kappa shape index (κ3) is 2.79. The summed E-state index contributed by atoms with van der Waals surface area (Å²) in [5.41, 5.74) is 2.24. The van der Waals surface area contributed by atoms with Gasteiger partial charge in [-0.1, -0.05) is 22.9 Å². The number of aromatic amines is 2. The number of fused-ring (bicyclic) bond motifs is 1. The van der Waals surface area contributed by atoms with E-state index in [1.165, 1.54) is 0 Å². The highest BCUT2D eigenvalue weighted by molar-refractivity contribution is 9.10. The van der Waals surface area contributed by atoms with Crippen LogP contribution >= 0.6 is 27.5 Å². The SMILES string of the molecule is CCNC(c1ccc(Cl)o1)c1cc2[nH]c(=O)[nH]c2cc1Br. The van der Waals surface area contributed by atoms with Crippen LogP contribution in [0.25, 0.3) is 11.0 Å². The molecule has 5 nitrogen and oxygen atoms in total. The lowest BCUT2D eigenvalue weighted by Crippen LogP contribution is -2.21. The van der Waals surface area contributed by atoms with Gasteiger partial charge in [0.05, 0.1) is 17.1 Å². The maximum atomic E-state index is 11.4. The zero-order chi connectivity index (χ0) is 15.0. The van der Waals surface area contributed by atoms with E-state index < -0.39 is 0 Å². The van der Waals surface area contributed by atoms with E-state index in [4.69, 9.17) is 16.0 Å². The molecule has 110 valence electrons. The zero-order valence-electron chi connectivity index (χ0n) is 11.2. The molecule has 0 aliphatic heterocycles. The summed E-state index contributed by atoms with van der Waals surface area (Å²) in [6.07, 6.45) is 0. The Kier molecular flexibility index (Phi) is 3.93. The van der Waals surface area contributed by atoms with Crippen LogP contribution in [0.15, 0.2) is 37.9 Å². The molecule has 1 unspecified atom stereocenters. The van der Waals surface area contributed by atoms with E-state index in [-0.39, 0.29) is 11.7 Å². The number of aromatic nitrogens is 2. The Morgan fingerprint density at radius 2 is 2.05 bits per heavy atom. The Balaban J connectivity index is 2.14. The smallest absolute Gasteiger partial charge is 0.323 e. The molecule has 0 amide bonds. The van der Waals surface area contributed by atoms with E-state index in [0.717, 1.165) is 33.4 Å². The summed E-state index contributed by atoms with van der Waals surface area (Å²) in [6.45, 7) is 2.78. The summed E-state index contributed by atoms with van der Waals surface area (Å²) in [5, 5.41) is 3.70. The highest BCUT2D eigenvalue weighted by Gasteiger charge is 2.20. The average molecular weight is 371 g/mol. The summed E-state index contributed by atoms with van der Waals surface area (Å²) in [5.74, 6) is 0.722. The fraction of sp³-hybridized carbons (Fsp3) is 0.214. The minimum atomic E-state index is -0.227. The number of H-pyrrole nitrogens is 2. The molecule has 0 aliphatic rings. The lowest BCUT2D eigenvalue weighted by Gasteiger charge is -2.17. The van der Waals surface area contributed by atoms with Crippen LogP contribution in [-0.4, -0.2) is 16.5 Å². The highest BCUT2D eigenvalue weighted by Crippen LogP contribution is 2.32. The van der Waals surface area contributed by atoms with Gasteiger partial charge in [0, 0.05) is 4.47 Å². The van der Waals surface area contributed by atoms with Crippen LogP contribution in [0.4, 0.5) is 0 Å². The molecule has 2 heterocycles. The number of furan rings is 1. The number of rotatable bonds is 4. The van der Waals surface area contributed by atoms with Crippen molar-refractivity contribution >= 4 is 38.6 Å². The third-order valence-electron chi connectivity index (χ3n) is 3.23. The van der Waals surface area contributed by atoms with Gasteiger partial charge in [-0.25, -0.2) is 4.79 Å². The largest absolute Gasteiger partial charge is 0.448 e. The van der Waals surface area contributed by atoms with Crippen LogP contribution in [0.3, 0.4) is 0 Å². The second-order valence-electron chi connectivity index (χ2n) is 4.63. The molecular weight excluding hydrogens is 358 g/mol. The van der Waals surface area contributed by atoms with E-state index in [9.17, 15) is 4.79 Å². The minimum Gasteiger partial charge on any atom is -0.448 e. The Morgan fingerprint density at radius 1 is 1.33 bits per heavy atom. The van der Waals surface area contributed by atoms with Crippen molar-refractivity contribution in [3.8, 4) is 0 Å². The normalized spacial score (nSPS) is 12.9. The van der Waals surface area contributed by atoms with Gasteiger partial charge in [-0.2, -0.15) is 0 Å². The van der Waals surface area contributed by atoms with Crippen LogP contribution in [0.1, 0.15) is 24.3 Å². The molecule has 0 saturated heterocycles. The molecule has 0 radical (unpaired) electrons. The first-order chi connectivity index (χ1) is 10.1. The molecule has 0 aliphatic carbocycles. The molecular formula is C14H13BrClN3O2. The van der Waals surface area contributed by atoms with Gasteiger partial charge in [0.15, 0.2) is 5.22 Å². The fourth-order valence-electron chi connectivity index (χ4n) is 2.35. The van der Waals surface area contributed by atoms with Gasteiger partial charge in [0.2, 0.25) is 0 Å². The lowest BCUT2D eigenvalue weighted by molar-refractivity contribution is 0.453. The summed E-state index contributed by atoms with van der Waals surface area (Å²) in [4.78, 5) is 16.9. The van der Waals surface area contributed by atoms with Crippen molar-refractivity contribution < 1.29 is 4.42 Å². The molecule has 1 atom stereocenters. The Morgan fingerprint density at radius 3 is 2.67 bits per heavy atom. The van der Waals surface area contributed by atoms with Crippen molar-refractivity contribution in [3.63, 3.8) is 0 Å². The highest BCUT2D eigenvalue weighted by atomic mass is 79.9. The zero-order valence-corrected chi connectivity index (χ0v) is 13.5. The number of benzene rings is 1. The second kappa shape index (κ2) is 5.71. The average Bonchev–Trinajstić information content (AvgIpc) is 3.00. The summed E-state index contributed by atoms with van der Waals surface area (Å²) in [7, 11) is 0. The molecule has 2 aromatic heterocycles. The van der Waals surface area contributed by atoms with Gasteiger partial charge in [0.1, 0.15) is 5.76 Å². The first-order valence-electron chi connectivity index (χ1n) is 6.48. The summed E-state index contributed by atoms with van der Waals surface area (Å²) < 4.78 is 6.41. The minimum absolute atomic E-state index is 0.153. The predicted molar refractivity (Wildman–Crippen MR) is 85.9 cm³/mol. The van der Waals surface area contributed by atoms with E-state index in [0.29, 0.717) is 5.22 Å². The van der Waals surface area contributed by atoms with Crippen LogP contribution in [0.2, 0.25) is 5.22 Å². The van der Waals surface area contributed by atoms with Crippen LogP contribution in [0, 0.1) is 0 Å². The topological polar surface area (TPSA) is 73.8 Å². The van der Waals surface area contributed by atoms with Crippen LogP contribution in [0.5, 0.6) is 0 Å². The van der Waals surface area contributed by atoms with Crippen molar-refractivity contribution in [1.82, 2.24) is 15.3 Å². The van der Waals surface area contributed by atoms with E-state index >= 15 is 0 Å². The van der Waals surface area contributed by atoms with Gasteiger partial charge in [-0.05, 0) is 48.0 Å². The van der Waals surface area contributed by atoms with Crippen LogP contribution in [-0.2, 0) is 0 Å². The van der Waals surface area contributed by atoms with Crippen molar-refractivity contribution in [2.45, 2.75) is 13.0 Å². The Hall–Kier alpha value is -1.50. The number of hydrogen-bond acceptors (Lipinski definition) is 3. The van der Waals surface area contributed by atoms with Gasteiger partial charge in [-0.15, -0.1) is 0 Å². The Labute approximate surface area is 133 Å². The van der Waals surface area contributed by atoms with E-state index in [1.807, 2.05) is 25.1 Å². The summed E-state index contributed by atoms with van der Waals surface area (Å²) in [6, 6.07) is 7.19. The number of halogens is 2. The van der Waals surface area contributed by atoms with Gasteiger partial charge in [-0.3, -0.25) is 0 Å². The molecule has 1 aromatic carbocycles. The fourth-order valence-corrected chi connectivity index (χ4v) is 3.07. The molecule has 7 heteroatoms. The third-order valence-corrected chi connectivity index (χ3v) is 4.12. The predicted octanol–water partition coefficient (Wildman–Crippen LogP) is 3.56. The van der Waals surface area contributed by atoms with Gasteiger partial charge < -0.3 is 19.7 Å². The standard InChI is InChI=1S/C14H13BrClN3O2/c1-2-17-13(11-3-4-12(16)21-11)7-5-9-10(6-8(7)15)19-14(20)18-9/h3-6,13,17H,2H2,1H3,(H2,18,19,20). The Bertz CT molecular complexity index is 836. The second-order valence-corrected chi connectivity index (χ2v) is 5.86. The van der Waals surface area contributed by atoms with Crippen LogP contribution < -0.4 is 11.0 Å². The maximum Gasteiger partial charge on any atom is 0.323 e. The molecule has 3 aromatic rings. The van der Waals surface area contributed by atoms with Crippen molar-refractivity contribution in [2.24, 2.45) is 0 Å². The molecule has 0 fully saturated rings. The molecule has 3 rings (SSSR count). The molecule has 0 saturated carbocycles. The van der Waals surface area contributed by atoms with Gasteiger partial charge in [0.25, 0.3) is 0 Å². The first kappa shape index (κ1) is 14.4. The first-order valence-corrected chi connectivity index (χ1v) is 7.65. The number of nitrogens with one attached hydrogen (secondary N) is 3. The molecule has 0 bridgehead atoms. The van der Waals surface area contributed by atoms with Gasteiger partial charge >= 0.3 is 5.69 Å². The molecule has 3 N–H and O–H groups in total. The van der Waals surface area contributed by atoms with E-state index in [1.54, 1.807) is 6.07 Å². The lowest BCUT2D eigenvalue weighted by atomic mass is 10.0. The van der Waals surface area contributed by atoms with E-state index in [2.05, 4.69) is 31.2 Å². The van der Waals surface area contributed by atoms with Crippen molar-refractivity contribution in [3.05, 3.63) is 55.8 Å². The quantitative estimate of drug-likeness (QED) is 0.657. The summed E-state index contributed by atoms with van der Waals surface area (Å²) >= 11 is 9.42. The maximum absolute atomic E-state index is 11.4.